The smallest absolute Gasteiger partial charge is 0.157 e. The molecule has 0 spiro atoms. The van der Waals surface area contributed by atoms with Gasteiger partial charge < -0.3 is 5.32 Å². The normalized spacial score (nSPS) is 28.3. The van der Waals surface area contributed by atoms with Gasteiger partial charge in [-0.3, -0.25) is 4.99 Å². The van der Waals surface area contributed by atoms with E-state index in [1.165, 1.54) is 0 Å². The van der Waals surface area contributed by atoms with Crippen LogP contribution in [0.25, 0.3) is 0 Å². The van der Waals surface area contributed by atoms with E-state index in [1.54, 1.807) is 11.3 Å². The second kappa shape index (κ2) is 4.53. The van der Waals surface area contributed by atoms with Gasteiger partial charge in [0.25, 0.3) is 0 Å². The minimum atomic E-state index is 0.228. The molecule has 1 aromatic heterocycles. The van der Waals surface area contributed by atoms with E-state index in [0.29, 0.717) is 6.54 Å². The van der Waals surface area contributed by atoms with Crippen LogP contribution in [0.15, 0.2) is 15.9 Å². The third-order valence-electron chi connectivity index (χ3n) is 2.58. The zero-order valence-corrected chi connectivity index (χ0v) is 10.6. The van der Waals surface area contributed by atoms with Crippen molar-refractivity contribution in [3.05, 3.63) is 16.6 Å². The van der Waals surface area contributed by atoms with Gasteiger partial charge in [0, 0.05) is 16.7 Å². The minimum absolute atomic E-state index is 0.228. The maximum atomic E-state index is 4.52. The Kier molecular flexibility index (Phi) is 3.31. The van der Waals surface area contributed by atoms with E-state index in [2.05, 4.69) is 29.1 Å². The summed E-state index contributed by atoms with van der Waals surface area (Å²) in [5.41, 5.74) is 3.13. The van der Waals surface area contributed by atoms with Crippen LogP contribution in [0.4, 0.5) is 0 Å². The quantitative estimate of drug-likeness (QED) is 0.883. The number of nitrogens with one attached hydrogen (secondary N) is 1. The minimum Gasteiger partial charge on any atom is -0.359 e. The first-order valence-corrected chi connectivity index (χ1v) is 6.97. The van der Waals surface area contributed by atoms with Crippen molar-refractivity contribution in [2.24, 2.45) is 4.99 Å². The molecular weight excluding hydrogens is 226 g/mol. The van der Waals surface area contributed by atoms with Gasteiger partial charge in [0.05, 0.1) is 17.7 Å². The molecule has 1 aromatic rings. The second-order valence-electron chi connectivity index (χ2n) is 3.93. The highest BCUT2D eigenvalue weighted by Crippen LogP contribution is 2.25. The highest BCUT2D eigenvalue weighted by Gasteiger charge is 2.30. The van der Waals surface area contributed by atoms with Crippen molar-refractivity contribution in [3.8, 4) is 0 Å². The van der Waals surface area contributed by atoms with E-state index in [9.17, 15) is 0 Å². The molecular formula is C10H15N3S2. The molecule has 1 fully saturated rings. The van der Waals surface area contributed by atoms with Crippen LogP contribution in [-0.2, 0) is 6.54 Å². The number of aliphatic imine (C=N–C) groups is 1. The Bertz CT molecular complexity index is 348. The van der Waals surface area contributed by atoms with Gasteiger partial charge in [-0.25, -0.2) is 4.98 Å². The lowest BCUT2D eigenvalue weighted by Gasteiger charge is -2.20. The Labute approximate surface area is 98.4 Å². The molecule has 5 heteroatoms. The van der Waals surface area contributed by atoms with E-state index in [4.69, 9.17) is 0 Å². The first-order chi connectivity index (χ1) is 7.22. The van der Waals surface area contributed by atoms with Crippen LogP contribution < -0.4 is 5.32 Å². The molecule has 1 saturated heterocycles. The summed E-state index contributed by atoms with van der Waals surface area (Å²) in [4.78, 5) is 8.73. The number of hydrogen-bond acceptors (Lipinski definition) is 4. The number of rotatable bonds is 3. The fraction of sp³-hybridized carbons (Fsp3) is 0.600. The van der Waals surface area contributed by atoms with Crippen LogP contribution in [0.2, 0.25) is 0 Å². The van der Waals surface area contributed by atoms with Crippen molar-refractivity contribution in [2.75, 3.05) is 5.75 Å². The standard InChI is InChI=1S/C10H15N3S2/c1-3-10(2)6-15-9(13-10)11-4-8-5-14-7-12-8/h5,7H,3-4,6H2,1-2H3,(H,11,13). The zero-order chi connectivity index (χ0) is 10.7. The van der Waals surface area contributed by atoms with Gasteiger partial charge in [0.15, 0.2) is 5.17 Å². The summed E-state index contributed by atoms with van der Waals surface area (Å²) in [5, 5.41) is 6.57. The molecule has 0 amide bonds. The van der Waals surface area contributed by atoms with Crippen LogP contribution in [0.5, 0.6) is 0 Å². The van der Waals surface area contributed by atoms with Crippen LogP contribution in [0.1, 0.15) is 26.0 Å². The molecule has 1 N–H and O–H groups in total. The highest BCUT2D eigenvalue weighted by atomic mass is 32.2. The van der Waals surface area contributed by atoms with Crippen molar-refractivity contribution >= 4 is 28.3 Å². The third kappa shape index (κ3) is 2.72. The van der Waals surface area contributed by atoms with Gasteiger partial charge >= 0.3 is 0 Å². The molecule has 1 aliphatic heterocycles. The molecule has 82 valence electrons. The largest absolute Gasteiger partial charge is 0.359 e. The molecule has 3 nitrogen and oxygen atoms in total. The Morgan fingerprint density at radius 2 is 2.53 bits per heavy atom. The molecule has 1 aliphatic rings. The van der Waals surface area contributed by atoms with Crippen molar-refractivity contribution in [3.63, 3.8) is 0 Å². The van der Waals surface area contributed by atoms with Crippen LogP contribution >= 0.6 is 23.1 Å². The lowest BCUT2D eigenvalue weighted by molar-refractivity contribution is 0.466. The number of aromatic nitrogens is 1. The average Bonchev–Trinajstić information content (AvgIpc) is 2.85. The highest BCUT2D eigenvalue weighted by molar-refractivity contribution is 8.14. The SMILES string of the molecule is CCC1(C)CSC(=NCc2cscn2)N1. The van der Waals surface area contributed by atoms with Crippen LogP contribution in [0.3, 0.4) is 0 Å². The van der Waals surface area contributed by atoms with Crippen molar-refractivity contribution in [2.45, 2.75) is 32.4 Å². The second-order valence-corrected chi connectivity index (χ2v) is 5.61. The van der Waals surface area contributed by atoms with Crippen molar-refractivity contribution in [1.82, 2.24) is 10.3 Å². The van der Waals surface area contributed by atoms with Gasteiger partial charge in [0.1, 0.15) is 0 Å². The fourth-order valence-corrected chi connectivity index (χ4v) is 3.06. The molecule has 1 atom stereocenters. The molecule has 0 saturated carbocycles. The maximum absolute atomic E-state index is 4.52. The Morgan fingerprint density at radius 1 is 1.67 bits per heavy atom. The van der Waals surface area contributed by atoms with Crippen LogP contribution in [-0.4, -0.2) is 21.4 Å². The maximum Gasteiger partial charge on any atom is 0.157 e. The van der Waals surface area contributed by atoms with Gasteiger partial charge in [0.2, 0.25) is 0 Å². The van der Waals surface area contributed by atoms with E-state index in [0.717, 1.165) is 23.0 Å². The molecule has 15 heavy (non-hydrogen) atoms. The number of hydrogen-bond donors (Lipinski definition) is 1. The number of thiazole rings is 1. The summed E-state index contributed by atoms with van der Waals surface area (Å²) >= 11 is 3.43. The molecule has 0 radical (unpaired) electrons. The Balaban J connectivity index is 1.93. The molecule has 0 aromatic carbocycles. The van der Waals surface area contributed by atoms with E-state index in [-0.39, 0.29) is 5.54 Å². The van der Waals surface area contributed by atoms with Gasteiger partial charge in [-0.2, -0.15) is 0 Å². The average molecular weight is 241 g/mol. The first kappa shape index (κ1) is 11.0. The fourth-order valence-electron chi connectivity index (χ4n) is 1.30. The van der Waals surface area contributed by atoms with E-state index in [1.807, 2.05) is 22.7 Å². The molecule has 0 bridgehead atoms. The Hall–Kier alpha value is -0.550. The van der Waals surface area contributed by atoms with Crippen molar-refractivity contribution in [1.29, 1.82) is 0 Å². The molecule has 2 rings (SSSR count). The number of nitrogens with zero attached hydrogens (tertiary/aromatic N) is 2. The van der Waals surface area contributed by atoms with Crippen LogP contribution in [0, 0.1) is 0 Å². The topological polar surface area (TPSA) is 37.3 Å². The molecule has 2 heterocycles. The number of thioether (sulfide) groups is 1. The lowest BCUT2D eigenvalue weighted by atomic mass is 10.0. The van der Waals surface area contributed by atoms with E-state index >= 15 is 0 Å². The number of amidine groups is 1. The Morgan fingerprint density at radius 3 is 3.13 bits per heavy atom. The summed E-state index contributed by atoms with van der Waals surface area (Å²) in [6.07, 6.45) is 1.13. The molecule has 0 aliphatic carbocycles. The summed E-state index contributed by atoms with van der Waals surface area (Å²) < 4.78 is 0. The lowest BCUT2D eigenvalue weighted by Crippen LogP contribution is -2.39. The predicted molar refractivity (Wildman–Crippen MR) is 67.5 cm³/mol. The third-order valence-corrected chi connectivity index (χ3v) is 4.51. The summed E-state index contributed by atoms with van der Waals surface area (Å²) in [7, 11) is 0. The monoisotopic (exact) mass is 241 g/mol. The molecule has 1 unspecified atom stereocenters. The van der Waals surface area contributed by atoms with Gasteiger partial charge in [-0.15, -0.1) is 11.3 Å². The van der Waals surface area contributed by atoms with Gasteiger partial charge in [-0.05, 0) is 13.3 Å². The first-order valence-electron chi connectivity index (χ1n) is 5.04. The summed E-state index contributed by atoms with van der Waals surface area (Å²) in [5.74, 6) is 1.11. The predicted octanol–water partition coefficient (Wildman–Crippen LogP) is 2.50. The van der Waals surface area contributed by atoms with Gasteiger partial charge in [-0.1, -0.05) is 18.7 Å². The van der Waals surface area contributed by atoms with E-state index < -0.39 is 0 Å². The van der Waals surface area contributed by atoms with Crippen molar-refractivity contribution < 1.29 is 0 Å². The summed E-state index contributed by atoms with van der Waals surface area (Å²) in [6, 6.07) is 0. The summed E-state index contributed by atoms with van der Waals surface area (Å²) in [6.45, 7) is 5.14. The zero-order valence-electron chi connectivity index (χ0n) is 8.99.